The van der Waals surface area contributed by atoms with Gasteiger partial charge in [0.25, 0.3) is 0 Å². The Morgan fingerprint density at radius 3 is 2.41 bits per heavy atom. The fourth-order valence-corrected chi connectivity index (χ4v) is 1.94. The summed E-state index contributed by atoms with van der Waals surface area (Å²) in [4.78, 5) is 25.1. The van der Waals surface area contributed by atoms with Crippen molar-refractivity contribution in [3.8, 4) is 0 Å². The lowest BCUT2D eigenvalue weighted by molar-refractivity contribution is -0.131. The van der Waals surface area contributed by atoms with Gasteiger partial charge in [-0.15, -0.1) is 0 Å². The van der Waals surface area contributed by atoms with E-state index in [1.807, 2.05) is 39.5 Å². The van der Waals surface area contributed by atoms with Crippen LogP contribution in [0.3, 0.4) is 0 Å². The average Bonchev–Trinajstić information content (AvgIpc) is 2.43. The second kappa shape index (κ2) is 4.94. The van der Waals surface area contributed by atoms with Crippen molar-refractivity contribution < 1.29 is 9.59 Å². The van der Waals surface area contributed by atoms with Crippen LogP contribution >= 0.6 is 0 Å². The SMILES string of the molecule is CC(C)NC(=O)N[C@@H]1CC(=O)N(C(C)(C)C)C1. The van der Waals surface area contributed by atoms with Gasteiger partial charge < -0.3 is 15.5 Å². The highest BCUT2D eigenvalue weighted by molar-refractivity contribution is 5.82. The first-order valence-electron chi connectivity index (χ1n) is 6.07. The van der Waals surface area contributed by atoms with Gasteiger partial charge in [-0.3, -0.25) is 4.79 Å². The van der Waals surface area contributed by atoms with Crippen molar-refractivity contribution in [3.05, 3.63) is 0 Å². The lowest BCUT2D eigenvalue weighted by atomic mass is 10.1. The Kier molecular flexibility index (Phi) is 4.01. The van der Waals surface area contributed by atoms with E-state index >= 15 is 0 Å². The molecule has 1 rings (SSSR count). The summed E-state index contributed by atoms with van der Waals surface area (Å²) in [6.07, 6.45) is 0.392. The van der Waals surface area contributed by atoms with E-state index in [1.54, 1.807) is 0 Å². The number of rotatable bonds is 2. The maximum atomic E-state index is 11.8. The van der Waals surface area contributed by atoms with Crippen LogP contribution in [-0.4, -0.2) is 41.0 Å². The van der Waals surface area contributed by atoms with Crippen molar-refractivity contribution >= 4 is 11.9 Å². The molecule has 0 unspecified atom stereocenters. The molecule has 0 aromatic heterocycles. The Labute approximate surface area is 103 Å². The molecule has 0 aliphatic carbocycles. The summed E-state index contributed by atoms with van der Waals surface area (Å²) >= 11 is 0. The second-order valence-corrected chi connectivity index (χ2v) is 5.85. The Morgan fingerprint density at radius 1 is 1.41 bits per heavy atom. The molecular formula is C12H23N3O2. The number of hydrogen-bond donors (Lipinski definition) is 2. The van der Waals surface area contributed by atoms with E-state index in [0.717, 1.165) is 0 Å². The normalized spacial score (nSPS) is 20.9. The van der Waals surface area contributed by atoms with Crippen molar-refractivity contribution in [2.45, 2.75) is 58.7 Å². The quantitative estimate of drug-likeness (QED) is 0.760. The summed E-state index contributed by atoms with van der Waals surface area (Å²) in [5, 5.41) is 5.59. The standard InChI is InChI=1S/C12H23N3O2/c1-8(2)13-11(17)14-9-6-10(16)15(7-9)12(3,4)5/h8-9H,6-7H2,1-5H3,(H2,13,14,17)/t9-/m1/s1. The predicted octanol–water partition coefficient (Wildman–Crippen LogP) is 1.09. The molecule has 98 valence electrons. The molecule has 17 heavy (non-hydrogen) atoms. The number of carbonyl (C=O) groups is 2. The Morgan fingerprint density at radius 2 is 2.00 bits per heavy atom. The van der Waals surface area contributed by atoms with Gasteiger partial charge in [0, 0.05) is 24.5 Å². The summed E-state index contributed by atoms with van der Waals surface area (Å²) in [5.74, 6) is 0.104. The van der Waals surface area contributed by atoms with Gasteiger partial charge in [-0.25, -0.2) is 4.79 Å². The molecule has 1 saturated heterocycles. The van der Waals surface area contributed by atoms with E-state index in [-0.39, 0.29) is 29.6 Å². The third-order valence-electron chi connectivity index (χ3n) is 2.69. The molecule has 0 bridgehead atoms. The van der Waals surface area contributed by atoms with Crippen LogP contribution < -0.4 is 10.6 Å². The summed E-state index contributed by atoms with van der Waals surface area (Å²) in [7, 11) is 0. The van der Waals surface area contributed by atoms with E-state index in [1.165, 1.54) is 0 Å². The minimum atomic E-state index is -0.200. The van der Waals surface area contributed by atoms with Crippen LogP contribution in [0.15, 0.2) is 0 Å². The number of urea groups is 1. The zero-order valence-electron chi connectivity index (χ0n) is 11.3. The summed E-state index contributed by atoms with van der Waals surface area (Å²) in [6, 6.07) is -0.181. The highest BCUT2D eigenvalue weighted by Gasteiger charge is 2.36. The Hall–Kier alpha value is -1.26. The number of nitrogens with one attached hydrogen (secondary N) is 2. The molecule has 0 radical (unpaired) electrons. The number of amides is 3. The Bertz CT molecular complexity index is 307. The fraction of sp³-hybridized carbons (Fsp3) is 0.833. The molecule has 0 aromatic rings. The molecule has 1 aliphatic heterocycles. The molecule has 1 fully saturated rings. The molecule has 0 saturated carbocycles. The van der Waals surface area contributed by atoms with Crippen LogP contribution in [0.4, 0.5) is 4.79 Å². The minimum Gasteiger partial charge on any atom is -0.336 e. The molecule has 5 nitrogen and oxygen atoms in total. The number of likely N-dealkylation sites (tertiary alicyclic amines) is 1. The van der Waals surface area contributed by atoms with E-state index in [2.05, 4.69) is 10.6 Å². The van der Waals surface area contributed by atoms with E-state index in [0.29, 0.717) is 13.0 Å². The molecule has 1 aliphatic rings. The molecule has 3 amide bonds. The van der Waals surface area contributed by atoms with Gasteiger partial charge in [0.05, 0.1) is 6.04 Å². The first kappa shape index (κ1) is 13.8. The van der Waals surface area contributed by atoms with Crippen LogP contribution in [0.2, 0.25) is 0 Å². The number of nitrogens with zero attached hydrogens (tertiary/aromatic N) is 1. The highest BCUT2D eigenvalue weighted by atomic mass is 16.2. The highest BCUT2D eigenvalue weighted by Crippen LogP contribution is 2.21. The Balaban J connectivity index is 2.50. The molecule has 0 aromatic carbocycles. The van der Waals surface area contributed by atoms with Crippen LogP contribution in [-0.2, 0) is 4.79 Å². The van der Waals surface area contributed by atoms with Crippen LogP contribution in [0.5, 0.6) is 0 Å². The van der Waals surface area contributed by atoms with E-state index in [9.17, 15) is 9.59 Å². The molecule has 1 atom stereocenters. The third kappa shape index (κ3) is 3.91. The van der Waals surface area contributed by atoms with Gasteiger partial charge in [-0.1, -0.05) is 0 Å². The van der Waals surface area contributed by atoms with Gasteiger partial charge in [0.2, 0.25) is 5.91 Å². The smallest absolute Gasteiger partial charge is 0.315 e. The second-order valence-electron chi connectivity index (χ2n) is 5.85. The minimum absolute atomic E-state index is 0.0829. The first-order valence-corrected chi connectivity index (χ1v) is 6.07. The van der Waals surface area contributed by atoms with Gasteiger partial charge in [0.1, 0.15) is 0 Å². The summed E-state index contributed by atoms with van der Waals surface area (Å²) in [6.45, 7) is 10.4. The molecule has 0 spiro atoms. The maximum absolute atomic E-state index is 11.8. The van der Waals surface area contributed by atoms with Crippen molar-refractivity contribution in [1.29, 1.82) is 0 Å². The van der Waals surface area contributed by atoms with Crippen LogP contribution in [0, 0.1) is 0 Å². The lowest BCUT2D eigenvalue weighted by Crippen LogP contribution is -2.47. The largest absolute Gasteiger partial charge is 0.336 e. The number of carbonyl (C=O) groups excluding carboxylic acids is 2. The van der Waals surface area contributed by atoms with Gasteiger partial charge in [-0.2, -0.15) is 0 Å². The first-order chi connectivity index (χ1) is 7.70. The monoisotopic (exact) mass is 241 g/mol. The maximum Gasteiger partial charge on any atom is 0.315 e. The van der Waals surface area contributed by atoms with E-state index in [4.69, 9.17) is 0 Å². The fourth-order valence-electron chi connectivity index (χ4n) is 1.94. The summed E-state index contributed by atoms with van der Waals surface area (Å²) < 4.78 is 0. The molecule has 2 N–H and O–H groups in total. The van der Waals surface area contributed by atoms with Crippen molar-refractivity contribution in [2.75, 3.05) is 6.54 Å². The van der Waals surface area contributed by atoms with Crippen LogP contribution in [0.25, 0.3) is 0 Å². The van der Waals surface area contributed by atoms with E-state index < -0.39 is 0 Å². The molecular weight excluding hydrogens is 218 g/mol. The average molecular weight is 241 g/mol. The van der Waals surface area contributed by atoms with Gasteiger partial charge >= 0.3 is 6.03 Å². The molecule has 1 heterocycles. The number of hydrogen-bond acceptors (Lipinski definition) is 2. The zero-order valence-corrected chi connectivity index (χ0v) is 11.3. The van der Waals surface area contributed by atoms with Crippen molar-refractivity contribution in [2.24, 2.45) is 0 Å². The van der Waals surface area contributed by atoms with Gasteiger partial charge in [-0.05, 0) is 34.6 Å². The topological polar surface area (TPSA) is 61.4 Å². The van der Waals surface area contributed by atoms with Crippen molar-refractivity contribution in [3.63, 3.8) is 0 Å². The third-order valence-corrected chi connectivity index (χ3v) is 2.69. The lowest BCUT2D eigenvalue weighted by Gasteiger charge is -2.32. The predicted molar refractivity (Wildman–Crippen MR) is 66.7 cm³/mol. The van der Waals surface area contributed by atoms with Gasteiger partial charge in [0.15, 0.2) is 0 Å². The summed E-state index contributed by atoms with van der Waals surface area (Å²) in [5.41, 5.74) is -0.179. The molecule has 5 heteroatoms. The zero-order chi connectivity index (χ0) is 13.2. The van der Waals surface area contributed by atoms with Crippen LogP contribution in [0.1, 0.15) is 41.0 Å². The van der Waals surface area contributed by atoms with Crippen molar-refractivity contribution in [1.82, 2.24) is 15.5 Å².